The van der Waals surface area contributed by atoms with E-state index in [1.807, 2.05) is 0 Å². The number of hydrogen-bond donors (Lipinski definition) is 1. The predicted octanol–water partition coefficient (Wildman–Crippen LogP) is 2.25. The summed E-state index contributed by atoms with van der Waals surface area (Å²) < 4.78 is 3.91. The van der Waals surface area contributed by atoms with Crippen molar-refractivity contribution in [3.63, 3.8) is 0 Å². The Morgan fingerprint density at radius 2 is 2.32 bits per heavy atom. The van der Waals surface area contributed by atoms with Gasteiger partial charge in [0.25, 0.3) is 0 Å². The van der Waals surface area contributed by atoms with Crippen molar-refractivity contribution in [2.24, 2.45) is 0 Å². The van der Waals surface area contributed by atoms with E-state index in [4.69, 9.17) is 16.7 Å². The lowest BCUT2D eigenvalue weighted by Gasteiger charge is -2.24. The van der Waals surface area contributed by atoms with Crippen LogP contribution in [0.3, 0.4) is 0 Å². The van der Waals surface area contributed by atoms with Crippen LogP contribution < -0.4 is 4.90 Å². The number of carboxylic acids is 1. The largest absolute Gasteiger partial charge is 0.478 e. The first kappa shape index (κ1) is 12.1. The fraction of sp³-hybridized carbons (Fsp3) is 0.0909. The minimum atomic E-state index is -0.963. The number of hydrogen-bond acceptors (Lipinski definition) is 6. The van der Waals surface area contributed by atoms with E-state index in [2.05, 4.69) is 14.3 Å². The molecule has 1 aliphatic rings. The minimum absolute atomic E-state index is 0.270. The van der Waals surface area contributed by atoms with Gasteiger partial charge in [-0.3, -0.25) is 4.90 Å². The number of nitrogens with zero attached hydrogens (tertiary/aromatic N) is 4. The van der Waals surface area contributed by atoms with Crippen molar-refractivity contribution in [2.45, 2.75) is 6.42 Å². The van der Waals surface area contributed by atoms with Gasteiger partial charge in [-0.2, -0.15) is 4.37 Å². The second-order valence-corrected chi connectivity index (χ2v) is 4.99. The number of carbonyl (C=O) groups is 1. The molecule has 0 unspecified atom stereocenters. The van der Waals surface area contributed by atoms with Gasteiger partial charge in [-0.05, 0) is 6.07 Å². The highest BCUT2D eigenvalue weighted by atomic mass is 35.5. The third-order valence-corrected chi connectivity index (χ3v) is 3.52. The van der Waals surface area contributed by atoms with Gasteiger partial charge in [-0.15, -0.1) is 0 Å². The van der Waals surface area contributed by atoms with Crippen LogP contribution in [-0.4, -0.2) is 25.4 Å². The van der Waals surface area contributed by atoms with E-state index in [1.54, 1.807) is 17.0 Å². The van der Waals surface area contributed by atoms with E-state index in [-0.39, 0.29) is 5.57 Å². The number of rotatable bonds is 2. The molecule has 2 aromatic heterocycles. The van der Waals surface area contributed by atoms with Crippen molar-refractivity contribution < 1.29 is 9.90 Å². The van der Waals surface area contributed by atoms with E-state index >= 15 is 0 Å². The third kappa shape index (κ3) is 2.18. The van der Waals surface area contributed by atoms with Crippen LogP contribution in [0.5, 0.6) is 0 Å². The summed E-state index contributed by atoms with van der Waals surface area (Å²) in [6.45, 7) is 0. The zero-order chi connectivity index (χ0) is 13.4. The first-order valence-electron chi connectivity index (χ1n) is 5.30. The molecule has 0 saturated heterocycles. The summed E-state index contributed by atoms with van der Waals surface area (Å²) in [7, 11) is 0. The van der Waals surface area contributed by atoms with Crippen LogP contribution in [0.4, 0.5) is 10.9 Å². The molecular weight excluding hydrogens is 288 g/mol. The normalized spacial score (nSPS) is 13.9. The van der Waals surface area contributed by atoms with E-state index in [9.17, 15) is 4.79 Å². The summed E-state index contributed by atoms with van der Waals surface area (Å²) in [4.78, 5) is 21.1. The summed E-state index contributed by atoms with van der Waals surface area (Å²) in [5.41, 5.74) is 1.06. The monoisotopic (exact) mass is 294 g/mol. The molecule has 0 radical (unpaired) electrons. The van der Waals surface area contributed by atoms with Gasteiger partial charge in [0.1, 0.15) is 17.3 Å². The van der Waals surface area contributed by atoms with Gasteiger partial charge in [0.2, 0.25) is 5.13 Å². The average molecular weight is 295 g/mol. The number of pyridine rings is 1. The number of fused-ring (bicyclic) bond motifs is 1. The standard InChI is InChI=1S/C11H7ClN4O2S/c12-8-2-1-6-3-7(10(17)18)4-16(9(6)15-8)11-13-5-14-19-11/h1-2,4-5H,3H2,(H,17,18). The van der Waals surface area contributed by atoms with Gasteiger partial charge in [0.15, 0.2) is 0 Å². The molecule has 0 aromatic carbocycles. The van der Waals surface area contributed by atoms with E-state index in [0.717, 1.165) is 17.1 Å². The smallest absolute Gasteiger partial charge is 0.333 e. The zero-order valence-corrected chi connectivity index (χ0v) is 11.0. The lowest BCUT2D eigenvalue weighted by molar-refractivity contribution is -0.132. The highest BCUT2D eigenvalue weighted by Gasteiger charge is 2.25. The lowest BCUT2D eigenvalue weighted by atomic mass is 10.0. The zero-order valence-electron chi connectivity index (χ0n) is 9.45. The second kappa shape index (κ2) is 4.60. The van der Waals surface area contributed by atoms with Gasteiger partial charge < -0.3 is 5.11 Å². The second-order valence-electron chi connectivity index (χ2n) is 3.85. The number of carboxylic acid groups (broad SMARTS) is 1. The number of aromatic nitrogens is 3. The van der Waals surface area contributed by atoms with Gasteiger partial charge in [0.05, 0.1) is 5.57 Å². The quantitative estimate of drug-likeness (QED) is 0.856. The van der Waals surface area contributed by atoms with Gasteiger partial charge >= 0.3 is 5.97 Å². The van der Waals surface area contributed by atoms with Crippen LogP contribution in [0.25, 0.3) is 0 Å². The average Bonchev–Trinajstić information content (AvgIpc) is 2.91. The Balaban J connectivity index is 2.15. The SMILES string of the molecule is O=C(O)C1=CN(c2ncns2)c2nc(Cl)ccc2C1. The first-order chi connectivity index (χ1) is 9.15. The molecule has 0 saturated carbocycles. The minimum Gasteiger partial charge on any atom is -0.478 e. The number of anilines is 2. The van der Waals surface area contributed by atoms with Crippen LogP contribution in [0, 0.1) is 0 Å². The molecule has 3 rings (SSSR count). The summed E-state index contributed by atoms with van der Waals surface area (Å²) in [5, 5.41) is 10.1. The van der Waals surface area contributed by atoms with Crippen molar-refractivity contribution in [1.82, 2.24) is 14.3 Å². The van der Waals surface area contributed by atoms with E-state index in [1.165, 1.54) is 12.5 Å². The molecule has 6 nitrogen and oxygen atoms in total. The molecule has 0 spiro atoms. The van der Waals surface area contributed by atoms with Crippen LogP contribution in [-0.2, 0) is 11.2 Å². The molecule has 2 aromatic rings. The van der Waals surface area contributed by atoms with Crippen molar-refractivity contribution in [1.29, 1.82) is 0 Å². The summed E-state index contributed by atoms with van der Waals surface area (Å²) in [5.74, 6) is -0.371. The van der Waals surface area contributed by atoms with Crippen molar-refractivity contribution in [2.75, 3.05) is 4.90 Å². The molecule has 0 aliphatic carbocycles. The molecule has 8 heteroatoms. The molecular formula is C11H7ClN4O2S. The Bertz CT molecular complexity index is 671. The van der Waals surface area contributed by atoms with Gasteiger partial charge in [0, 0.05) is 29.7 Å². The highest BCUT2D eigenvalue weighted by molar-refractivity contribution is 7.09. The van der Waals surface area contributed by atoms with Gasteiger partial charge in [-0.25, -0.2) is 14.8 Å². The van der Waals surface area contributed by atoms with Crippen molar-refractivity contribution >= 4 is 40.1 Å². The summed E-state index contributed by atoms with van der Waals surface area (Å²) >= 11 is 7.05. The van der Waals surface area contributed by atoms with Crippen LogP contribution in [0.2, 0.25) is 5.15 Å². The Kier molecular flexibility index (Phi) is 2.92. The molecule has 1 N–H and O–H groups in total. The summed E-state index contributed by atoms with van der Waals surface area (Å²) in [6, 6.07) is 3.41. The van der Waals surface area contributed by atoms with E-state index < -0.39 is 5.97 Å². The van der Waals surface area contributed by atoms with Crippen LogP contribution >= 0.6 is 23.1 Å². The molecule has 19 heavy (non-hydrogen) atoms. The Labute approximate surface area is 117 Å². The maximum Gasteiger partial charge on any atom is 0.333 e. The topological polar surface area (TPSA) is 79.2 Å². The molecule has 0 amide bonds. The Morgan fingerprint density at radius 3 is 3.00 bits per heavy atom. The summed E-state index contributed by atoms with van der Waals surface area (Å²) in [6.07, 6.45) is 3.23. The molecule has 0 bridgehead atoms. The van der Waals surface area contributed by atoms with Crippen molar-refractivity contribution in [3.05, 3.63) is 40.9 Å². The third-order valence-electron chi connectivity index (χ3n) is 2.65. The van der Waals surface area contributed by atoms with Crippen LogP contribution in [0.1, 0.15) is 5.56 Å². The van der Waals surface area contributed by atoms with Crippen LogP contribution in [0.15, 0.2) is 30.2 Å². The molecule has 96 valence electrons. The lowest BCUT2D eigenvalue weighted by Crippen LogP contribution is -2.21. The molecule has 3 heterocycles. The fourth-order valence-corrected chi connectivity index (χ4v) is 2.47. The van der Waals surface area contributed by atoms with Gasteiger partial charge in [-0.1, -0.05) is 17.7 Å². The van der Waals surface area contributed by atoms with Crippen molar-refractivity contribution in [3.8, 4) is 0 Å². The molecule has 0 fully saturated rings. The van der Waals surface area contributed by atoms with E-state index in [0.29, 0.717) is 22.5 Å². The maximum atomic E-state index is 11.2. The number of halogens is 1. The molecule has 1 aliphatic heterocycles. The number of aliphatic carboxylic acids is 1. The fourth-order valence-electron chi connectivity index (χ4n) is 1.82. The highest BCUT2D eigenvalue weighted by Crippen LogP contribution is 2.34. The Hall–Kier alpha value is -1.99. The first-order valence-corrected chi connectivity index (χ1v) is 6.45. The maximum absolute atomic E-state index is 11.2. The molecule has 0 atom stereocenters. The Morgan fingerprint density at radius 1 is 1.47 bits per heavy atom. The predicted molar refractivity (Wildman–Crippen MR) is 70.7 cm³/mol.